The fourth-order valence-corrected chi connectivity index (χ4v) is 3.56. The Morgan fingerprint density at radius 3 is 2.23 bits per heavy atom. The van der Waals surface area contributed by atoms with E-state index < -0.39 is 8.32 Å². The third kappa shape index (κ3) is 4.70. The molecule has 0 heterocycles. The monoisotopic (exact) mass is 377 g/mol. The van der Waals surface area contributed by atoms with Gasteiger partial charge in [0.1, 0.15) is 11.5 Å². The number of amides is 1. The van der Waals surface area contributed by atoms with Crippen LogP contribution in [0.3, 0.4) is 0 Å². The van der Waals surface area contributed by atoms with E-state index in [9.17, 15) is 4.79 Å². The topological polar surface area (TPSA) is 38.8 Å². The molecule has 0 bridgehead atoms. The Morgan fingerprint density at radius 2 is 1.81 bits per heavy atom. The van der Waals surface area contributed by atoms with Crippen LogP contribution in [-0.4, -0.2) is 39.3 Å². The van der Waals surface area contributed by atoms with Gasteiger partial charge in [0.2, 0.25) is 0 Å². The fourth-order valence-electron chi connectivity index (χ4n) is 2.51. The van der Waals surface area contributed by atoms with E-state index in [2.05, 4.69) is 40.4 Å². The molecule has 0 atom stereocenters. The van der Waals surface area contributed by atoms with Crippen LogP contribution in [0.4, 0.5) is 0 Å². The summed E-state index contributed by atoms with van der Waals surface area (Å²) in [5, 5.41) is 0.0248. The summed E-state index contributed by atoms with van der Waals surface area (Å²) in [6.07, 6.45) is 2.41. The minimum atomic E-state index is -2.13. The Balaban J connectivity index is 3.63. The van der Waals surface area contributed by atoms with Crippen molar-refractivity contribution >= 4 is 14.2 Å². The van der Waals surface area contributed by atoms with Crippen LogP contribution in [0, 0.1) is 0 Å². The van der Waals surface area contributed by atoms with Crippen molar-refractivity contribution in [3.63, 3.8) is 0 Å². The van der Waals surface area contributed by atoms with E-state index in [1.807, 2.05) is 37.0 Å². The van der Waals surface area contributed by atoms with Gasteiger partial charge in [0.15, 0.2) is 0 Å². The third-order valence-corrected chi connectivity index (χ3v) is 9.56. The first kappa shape index (κ1) is 22.3. The average molecular weight is 378 g/mol. The Bertz CT molecular complexity index is 643. The van der Waals surface area contributed by atoms with Crippen molar-refractivity contribution in [3.8, 4) is 11.5 Å². The van der Waals surface area contributed by atoms with Crippen LogP contribution in [0.15, 0.2) is 24.8 Å². The van der Waals surface area contributed by atoms with E-state index >= 15 is 0 Å². The molecule has 0 radical (unpaired) electrons. The lowest BCUT2D eigenvalue weighted by Gasteiger charge is -2.38. The Hall–Kier alpha value is -1.75. The second-order valence-electron chi connectivity index (χ2n) is 7.96. The van der Waals surface area contributed by atoms with Crippen molar-refractivity contribution in [2.45, 2.75) is 59.2 Å². The molecule has 0 aliphatic heterocycles. The summed E-state index contributed by atoms with van der Waals surface area (Å²) in [6.45, 7) is 20.1. The minimum absolute atomic E-state index is 0.00308. The van der Waals surface area contributed by atoms with Gasteiger partial charge < -0.3 is 14.1 Å². The highest BCUT2D eigenvalue weighted by Crippen LogP contribution is 2.42. The third-order valence-electron chi connectivity index (χ3n) is 5.23. The van der Waals surface area contributed by atoms with E-state index in [1.165, 1.54) is 0 Å². The zero-order valence-corrected chi connectivity index (χ0v) is 18.7. The number of carbonyl (C=O) groups is 1. The highest BCUT2D eigenvalue weighted by atomic mass is 28.4. The zero-order valence-electron chi connectivity index (χ0n) is 17.7. The van der Waals surface area contributed by atoms with Crippen LogP contribution in [0.25, 0.3) is 0 Å². The van der Waals surface area contributed by atoms with Crippen molar-refractivity contribution in [1.29, 1.82) is 0 Å². The fraction of sp³-hybridized carbons (Fsp3) is 0.571. The van der Waals surface area contributed by atoms with Crippen molar-refractivity contribution in [2.24, 2.45) is 0 Å². The minimum Gasteiger partial charge on any atom is -0.543 e. The number of hydrogen-bond donors (Lipinski definition) is 0. The zero-order chi connectivity index (χ0) is 20.1. The van der Waals surface area contributed by atoms with Gasteiger partial charge in [0, 0.05) is 18.7 Å². The van der Waals surface area contributed by atoms with Gasteiger partial charge in [-0.2, -0.15) is 0 Å². The molecule has 0 spiro atoms. The lowest BCUT2D eigenvalue weighted by molar-refractivity contribution is 0.0770. The maximum atomic E-state index is 13.1. The largest absolute Gasteiger partial charge is 0.543 e. The van der Waals surface area contributed by atoms with E-state index in [4.69, 9.17) is 9.16 Å². The molecule has 0 saturated heterocycles. The van der Waals surface area contributed by atoms with Crippen molar-refractivity contribution < 1.29 is 14.0 Å². The van der Waals surface area contributed by atoms with Crippen LogP contribution in [0.5, 0.6) is 11.5 Å². The quantitative estimate of drug-likeness (QED) is 0.456. The van der Waals surface area contributed by atoms with Crippen LogP contribution < -0.4 is 9.16 Å². The summed E-state index contributed by atoms with van der Waals surface area (Å²) in [6, 6.07) is 3.68. The van der Waals surface area contributed by atoms with E-state index in [1.54, 1.807) is 7.11 Å². The molecule has 0 aliphatic rings. The van der Waals surface area contributed by atoms with E-state index in [0.29, 0.717) is 30.8 Å². The molecule has 5 heteroatoms. The molecular formula is C21H35NO3Si. The number of methoxy groups -OCH3 is 1. The van der Waals surface area contributed by atoms with Gasteiger partial charge in [-0.1, -0.05) is 26.8 Å². The number of hydrogen-bond acceptors (Lipinski definition) is 3. The first-order chi connectivity index (χ1) is 12.0. The van der Waals surface area contributed by atoms with Gasteiger partial charge in [-0.15, -0.1) is 6.58 Å². The number of ether oxygens (including phenoxy) is 1. The molecule has 4 nitrogen and oxygen atoms in total. The summed E-state index contributed by atoms with van der Waals surface area (Å²) in [5.41, 5.74) is 1.50. The van der Waals surface area contributed by atoms with Crippen LogP contribution in [-0.2, 0) is 6.42 Å². The highest BCUT2D eigenvalue weighted by molar-refractivity contribution is 6.74. The van der Waals surface area contributed by atoms with Gasteiger partial charge in [0.05, 0.1) is 12.7 Å². The summed E-state index contributed by atoms with van der Waals surface area (Å²) in [5.74, 6) is 1.39. The summed E-state index contributed by atoms with van der Waals surface area (Å²) in [4.78, 5) is 14.9. The molecule has 1 amide bonds. The molecule has 0 aliphatic carbocycles. The average Bonchev–Trinajstić information content (AvgIpc) is 2.56. The van der Waals surface area contributed by atoms with Gasteiger partial charge in [-0.25, -0.2) is 0 Å². The van der Waals surface area contributed by atoms with Crippen LogP contribution >= 0.6 is 0 Å². The Morgan fingerprint density at radius 1 is 1.23 bits per heavy atom. The molecule has 1 rings (SSSR count). The predicted molar refractivity (Wildman–Crippen MR) is 112 cm³/mol. The number of carbonyl (C=O) groups excluding carboxylic acids is 1. The summed E-state index contributed by atoms with van der Waals surface area (Å²) < 4.78 is 12.2. The molecule has 0 aromatic heterocycles. The van der Waals surface area contributed by atoms with Crippen molar-refractivity contribution in [1.82, 2.24) is 4.90 Å². The standard InChI is InChI=1S/C21H35NO3Si/c1-10-13-16-18(24-7)15-14-17(20(23)22(11-2)12-3)19(16)25-26(8,9)21(4,5)6/h10,14-15H,1,11-13H2,2-9H3. The lowest BCUT2D eigenvalue weighted by Crippen LogP contribution is -2.44. The van der Waals surface area contributed by atoms with Gasteiger partial charge in [-0.05, 0) is 50.5 Å². The molecule has 0 unspecified atom stereocenters. The Labute approximate surface area is 160 Å². The summed E-state index contributed by atoms with van der Waals surface area (Å²) in [7, 11) is -0.492. The maximum absolute atomic E-state index is 13.1. The molecule has 0 saturated carbocycles. The van der Waals surface area contributed by atoms with Crippen molar-refractivity contribution in [2.75, 3.05) is 20.2 Å². The maximum Gasteiger partial charge on any atom is 0.257 e. The number of rotatable bonds is 8. The molecule has 1 aromatic rings. The molecular weight excluding hydrogens is 342 g/mol. The first-order valence-electron chi connectivity index (χ1n) is 9.33. The normalized spacial score (nSPS) is 11.8. The molecule has 26 heavy (non-hydrogen) atoms. The van der Waals surface area contributed by atoms with Gasteiger partial charge >= 0.3 is 0 Å². The SMILES string of the molecule is C=CCc1c(OC)ccc(C(=O)N(CC)CC)c1O[Si](C)(C)C(C)(C)C. The number of benzene rings is 1. The second kappa shape index (κ2) is 8.76. The highest BCUT2D eigenvalue weighted by Gasteiger charge is 2.40. The van der Waals surface area contributed by atoms with E-state index in [-0.39, 0.29) is 10.9 Å². The molecule has 146 valence electrons. The van der Waals surface area contributed by atoms with Gasteiger partial charge in [0.25, 0.3) is 14.2 Å². The Kier molecular flexibility index (Phi) is 7.51. The summed E-state index contributed by atoms with van der Waals surface area (Å²) >= 11 is 0. The van der Waals surface area contributed by atoms with E-state index in [0.717, 1.165) is 11.3 Å². The molecule has 0 N–H and O–H groups in total. The second-order valence-corrected chi connectivity index (χ2v) is 12.7. The van der Waals surface area contributed by atoms with Crippen LogP contribution in [0.2, 0.25) is 18.1 Å². The number of nitrogens with zero attached hydrogens (tertiary/aromatic N) is 1. The molecule has 1 aromatic carbocycles. The van der Waals surface area contributed by atoms with Gasteiger partial charge in [-0.3, -0.25) is 4.79 Å². The smallest absolute Gasteiger partial charge is 0.257 e. The van der Waals surface area contributed by atoms with Crippen LogP contribution in [0.1, 0.15) is 50.5 Å². The van der Waals surface area contributed by atoms with Crippen molar-refractivity contribution in [3.05, 3.63) is 35.9 Å². The predicted octanol–water partition coefficient (Wildman–Crippen LogP) is 5.29. The molecule has 0 fully saturated rings. The lowest BCUT2D eigenvalue weighted by atomic mass is 10.0. The first-order valence-corrected chi connectivity index (χ1v) is 12.2. The number of allylic oxidation sites excluding steroid dienone is 1.